The number of hydrogen-bond donors (Lipinski definition) is 1. The summed E-state index contributed by atoms with van der Waals surface area (Å²) in [6.07, 6.45) is -0.581. The predicted octanol–water partition coefficient (Wildman–Crippen LogP) is 5.36. The van der Waals surface area contributed by atoms with Crippen molar-refractivity contribution in [3.05, 3.63) is 69.5 Å². The van der Waals surface area contributed by atoms with Crippen molar-refractivity contribution < 1.29 is 18.4 Å². The minimum atomic E-state index is -0.581. The number of halogens is 1. The van der Waals surface area contributed by atoms with E-state index in [9.17, 15) is 9.59 Å². The van der Waals surface area contributed by atoms with Gasteiger partial charge in [-0.05, 0) is 42.8 Å². The first-order chi connectivity index (χ1) is 15.0. The van der Waals surface area contributed by atoms with E-state index < -0.39 is 11.7 Å². The molecule has 31 heavy (non-hydrogen) atoms. The van der Waals surface area contributed by atoms with Gasteiger partial charge >= 0.3 is 11.7 Å². The van der Waals surface area contributed by atoms with E-state index in [1.54, 1.807) is 43.3 Å². The van der Waals surface area contributed by atoms with Crippen molar-refractivity contribution >= 4 is 46.1 Å². The van der Waals surface area contributed by atoms with Crippen molar-refractivity contribution in [2.45, 2.75) is 17.9 Å². The molecule has 0 bridgehead atoms. The Morgan fingerprint density at radius 1 is 1.16 bits per heavy atom. The van der Waals surface area contributed by atoms with Gasteiger partial charge in [-0.1, -0.05) is 29.4 Å². The zero-order valence-electron chi connectivity index (χ0n) is 16.3. The molecule has 2 aromatic heterocycles. The Morgan fingerprint density at radius 3 is 2.84 bits per heavy atom. The van der Waals surface area contributed by atoms with Crippen LogP contribution in [0.15, 0.2) is 67.4 Å². The van der Waals surface area contributed by atoms with Crippen molar-refractivity contribution in [2.24, 2.45) is 0 Å². The molecule has 4 rings (SSSR count). The van der Waals surface area contributed by atoms with Gasteiger partial charge in [0.15, 0.2) is 0 Å². The number of carbonyl (C=O) groups is 1. The van der Waals surface area contributed by atoms with Gasteiger partial charge in [-0.2, -0.15) is 0 Å². The predicted molar refractivity (Wildman–Crippen MR) is 117 cm³/mol. The molecule has 0 atom stereocenters. The third-order valence-corrected chi connectivity index (χ3v) is 5.28. The first kappa shape index (κ1) is 21.0. The van der Waals surface area contributed by atoms with E-state index in [4.69, 9.17) is 25.2 Å². The summed E-state index contributed by atoms with van der Waals surface area (Å²) >= 11 is 7.30. The van der Waals surface area contributed by atoms with E-state index in [2.05, 4.69) is 15.5 Å². The number of carbonyl (C=O) groups excluding carboxylic acids is 1. The van der Waals surface area contributed by atoms with Gasteiger partial charge < -0.3 is 13.6 Å². The van der Waals surface area contributed by atoms with E-state index in [0.717, 1.165) is 16.5 Å². The van der Waals surface area contributed by atoms with E-state index >= 15 is 0 Å². The van der Waals surface area contributed by atoms with Gasteiger partial charge in [0.1, 0.15) is 5.58 Å². The number of benzene rings is 2. The zero-order valence-corrected chi connectivity index (χ0v) is 17.8. The minimum Gasteiger partial charge on any atom is -0.450 e. The summed E-state index contributed by atoms with van der Waals surface area (Å²) in [5, 5.41) is 12.3. The zero-order chi connectivity index (χ0) is 21.8. The Balaban J connectivity index is 1.53. The molecule has 4 aromatic rings. The third-order valence-electron chi connectivity index (χ3n) is 4.18. The lowest BCUT2D eigenvalue weighted by atomic mass is 10.1. The molecule has 0 fully saturated rings. The van der Waals surface area contributed by atoms with Gasteiger partial charge in [-0.25, -0.2) is 9.59 Å². The number of rotatable bonds is 6. The minimum absolute atomic E-state index is 0.255. The molecular weight excluding hydrogens is 442 g/mol. The molecule has 0 unspecified atom stereocenters. The third kappa shape index (κ3) is 5.07. The van der Waals surface area contributed by atoms with Crippen molar-refractivity contribution in [3.8, 4) is 11.5 Å². The Bertz CT molecular complexity index is 1300. The van der Waals surface area contributed by atoms with E-state index in [1.165, 1.54) is 17.8 Å². The van der Waals surface area contributed by atoms with Crippen molar-refractivity contribution in [3.63, 3.8) is 0 Å². The maximum Gasteiger partial charge on any atom is 0.411 e. The number of aromatic nitrogens is 2. The second-order valence-corrected chi connectivity index (χ2v) is 7.68. The fraction of sp³-hybridized carbons (Fsp3) is 0.143. The summed E-state index contributed by atoms with van der Waals surface area (Å²) in [7, 11) is 0. The van der Waals surface area contributed by atoms with Crippen LogP contribution < -0.4 is 10.9 Å². The molecule has 0 saturated heterocycles. The molecule has 1 N–H and O–H groups in total. The summed E-state index contributed by atoms with van der Waals surface area (Å²) in [6.45, 7) is 1.97. The molecule has 2 aromatic carbocycles. The van der Waals surface area contributed by atoms with Crippen LogP contribution in [0.4, 0.5) is 10.5 Å². The van der Waals surface area contributed by atoms with Gasteiger partial charge in [0.25, 0.3) is 5.22 Å². The fourth-order valence-electron chi connectivity index (χ4n) is 2.86. The van der Waals surface area contributed by atoms with Crippen LogP contribution in [0.1, 0.15) is 12.5 Å². The smallest absolute Gasteiger partial charge is 0.411 e. The summed E-state index contributed by atoms with van der Waals surface area (Å²) < 4.78 is 15.8. The SMILES string of the molecule is CCOC(=O)Nc1ccc2c(CSc3nnc(-c4cccc(Cl)c4)o3)cc(=O)oc2c1. The second kappa shape index (κ2) is 9.23. The van der Waals surface area contributed by atoms with Gasteiger partial charge in [0.05, 0.1) is 6.61 Å². The molecule has 0 aliphatic rings. The Morgan fingerprint density at radius 2 is 2.03 bits per heavy atom. The lowest BCUT2D eigenvalue weighted by Crippen LogP contribution is -2.13. The van der Waals surface area contributed by atoms with Crippen LogP contribution in [-0.2, 0) is 10.5 Å². The number of nitrogens with zero attached hydrogens (tertiary/aromatic N) is 2. The fourth-order valence-corrected chi connectivity index (χ4v) is 3.80. The van der Waals surface area contributed by atoms with Crippen LogP contribution in [0.5, 0.6) is 0 Å². The van der Waals surface area contributed by atoms with Crippen LogP contribution in [0.2, 0.25) is 5.02 Å². The number of thioether (sulfide) groups is 1. The van der Waals surface area contributed by atoms with Gasteiger partial charge in [0, 0.05) is 39.5 Å². The van der Waals surface area contributed by atoms with Gasteiger partial charge in [-0.15, -0.1) is 10.2 Å². The van der Waals surface area contributed by atoms with E-state index in [-0.39, 0.29) is 6.61 Å². The number of ether oxygens (including phenoxy) is 1. The molecule has 8 nitrogen and oxygen atoms in total. The number of fused-ring (bicyclic) bond motifs is 1. The second-order valence-electron chi connectivity index (χ2n) is 6.32. The van der Waals surface area contributed by atoms with Crippen LogP contribution in [0.3, 0.4) is 0 Å². The van der Waals surface area contributed by atoms with E-state index in [0.29, 0.717) is 33.2 Å². The largest absolute Gasteiger partial charge is 0.450 e. The number of nitrogens with one attached hydrogen (secondary N) is 1. The summed E-state index contributed by atoms with van der Waals surface area (Å²) in [5.74, 6) is 0.765. The van der Waals surface area contributed by atoms with Gasteiger partial charge in [-0.3, -0.25) is 5.32 Å². The molecule has 0 aliphatic heterocycles. The maximum absolute atomic E-state index is 12.0. The Kier molecular flexibility index (Phi) is 6.24. The number of hydrogen-bond acceptors (Lipinski definition) is 8. The lowest BCUT2D eigenvalue weighted by Gasteiger charge is -2.08. The molecule has 0 spiro atoms. The Hall–Kier alpha value is -3.30. The average molecular weight is 458 g/mol. The van der Waals surface area contributed by atoms with Gasteiger partial charge in [0.2, 0.25) is 5.89 Å². The van der Waals surface area contributed by atoms with Crippen molar-refractivity contribution in [2.75, 3.05) is 11.9 Å². The first-order valence-electron chi connectivity index (χ1n) is 9.24. The topological polar surface area (TPSA) is 107 Å². The molecule has 10 heteroatoms. The van der Waals surface area contributed by atoms with Crippen LogP contribution in [-0.4, -0.2) is 22.9 Å². The highest BCUT2D eigenvalue weighted by molar-refractivity contribution is 7.98. The molecule has 158 valence electrons. The molecule has 0 radical (unpaired) electrons. The number of amides is 1. The highest BCUT2D eigenvalue weighted by Gasteiger charge is 2.13. The van der Waals surface area contributed by atoms with Crippen LogP contribution >= 0.6 is 23.4 Å². The molecule has 0 saturated carbocycles. The maximum atomic E-state index is 12.0. The highest BCUT2D eigenvalue weighted by Crippen LogP contribution is 2.29. The van der Waals surface area contributed by atoms with Crippen LogP contribution in [0.25, 0.3) is 22.4 Å². The lowest BCUT2D eigenvalue weighted by molar-refractivity contribution is 0.168. The molecule has 2 heterocycles. The Labute approximate surface area is 185 Å². The average Bonchev–Trinajstić information content (AvgIpc) is 3.21. The summed E-state index contributed by atoms with van der Waals surface area (Å²) in [5.41, 5.74) is 1.77. The van der Waals surface area contributed by atoms with Crippen LogP contribution in [0, 0.1) is 0 Å². The normalized spacial score (nSPS) is 10.9. The monoisotopic (exact) mass is 457 g/mol. The van der Waals surface area contributed by atoms with Crippen molar-refractivity contribution in [1.29, 1.82) is 0 Å². The summed E-state index contributed by atoms with van der Waals surface area (Å²) in [4.78, 5) is 23.6. The standard InChI is InChI=1S/C21H16ClN3O5S/c1-2-28-20(27)23-15-6-7-16-13(9-18(26)29-17(16)10-15)11-31-21-25-24-19(30-21)12-4-3-5-14(22)8-12/h3-10H,2,11H2,1H3,(H,23,27). The molecule has 1 amide bonds. The summed E-state index contributed by atoms with van der Waals surface area (Å²) in [6, 6.07) is 13.6. The quantitative estimate of drug-likeness (QED) is 0.304. The highest BCUT2D eigenvalue weighted by atomic mass is 35.5. The van der Waals surface area contributed by atoms with E-state index in [1.807, 2.05) is 6.07 Å². The molecular formula is C21H16ClN3O5S. The molecule has 0 aliphatic carbocycles. The first-order valence-corrected chi connectivity index (χ1v) is 10.6. The van der Waals surface area contributed by atoms with Crippen molar-refractivity contribution in [1.82, 2.24) is 10.2 Å². The number of anilines is 1.